The molecule has 0 bridgehead atoms. The molecular formula is C10H11BrN4O3S. The van der Waals surface area contributed by atoms with Gasteiger partial charge in [0.05, 0.1) is 0 Å². The van der Waals surface area contributed by atoms with Gasteiger partial charge in [-0.2, -0.15) is 0 Å². The number of primary sulfonamides is 1. The van der Waals surface area contributed by atoms with E-state index in [2.05, 4.69) is 26.1 Å². The minimum Gasteiger partial charge on any atom is -0.484 e. The van der Waals surface area contributed by atoms with E-state index < -0.39 is 10.0 Å². The zero-order valence-corrected chi connectivity index (χ0v) is 12.3. The molecule has 0 aliphatic rings. The van der Waals surface area contributed by atoms with Crippen molar-refractivity contribution in [3.05, 3.63) is 34.8 Å². The number of hydrogen-bond acceptors (Lipinski definition) is 5. The number of benzene rings is 1. The van der Waals surface area contributed by atoms with Crippen molar-refractivity contribution in [2.24, 2.45) is 12.2 Å². The molecule has 1 heterocycles. The van der Waals surface area contributed by atoms with E-state index in [1.165, 1.54) is 18.5 Å². The summed E-state index contributed by atoms with van der Waals surface area (Å²) < 4.78 is 30.7. The third-order valence-electron chi connectivity index (χ3n) is 2.37. The first-order chi connectivity index (χ1) is 8.88. The Balaban J connectivity index is 2.28. The van der Waals surface area contributed by atoms with E-state index in [-0.39, 0.29) is 17.3 Å². The van der Waals surface area contributed by atoms with Crippen LogP contribution in [-0.2, 0) is 23.7 Å². The fourth-order valence-corrected chi connectivity index (χ4v) is 2.61. The summed E-state index contributed by atoms with van der Waals surface area (Å²) in [4.78, 5) is -0.0796. The van der Waals surface area contributed by atoms with Gasteiger partial charge in [0.1, 0.15) is 23.6 Å². The number of nitrogens with two attached hydrogens (primary N) is 1. The van der Waals surface area contributed by atoms with Crippen LogP contribution >= 0.6 is 15.9 Å². The van der Waals surface area contributed by atoms with Crippen LogP contribution in [0.15, 0.2) is 33.9 Å². The average Bonchev–Trinajstić information content (AvgIpc) is 2.72. The average molecular weight is 347 g/mol. The summed E-state index contributed by atoms with van der Waals surface area (Å²) in [6, 6.07) is 4.59. The van der Waals surface area contributed by atoms with E-state index in [9.17, 15) is 8.42 Å². The van der Waals surface area contributed by atoms with Crippen molar-refractivity contribution in [3.8, 4) is 5.75 Å². The van der Waals surface area contributed by atoms with Crippen LogP contribution in [0.25, 0.3) is 0 Å². The maximum Gasteiger partial charge on any atom is 0.241 e. The van der Waals surface area contributed by atoms with Crippen LogP contribution in [0.1, 0.15) is 5.82 Å². The van der Waals surface area contributed by atoms with Gasteiger partial charge < -0.3 is 9.30 Å². The molecule has 0 spiro atoms. The minimum atomic E-state index is -3.85. The largest absolute Gasteiger partial charge is 0.484 e. The van der Waals surface area contributed by atoms with Gasteiger partial charge in [-0.05, 0) is 18.2 Å². The molecule has 0 radical (unpaired) electrons. The Hall–Kier alpha value is -1.45. The van der Waals surface area contributed by atoms with E-state index in [1.807, 2.05) is 0 Å². The highest BCUT2D eigenvalue weighted by molar-refractivity contribution is 9.10. The molecule has 0 saturated carbocycles. The Morgan fingerprint density at radius 1 is 1.47 bits per heavy atom. The second-order valence-electron chi connectivity index (χ2n) is 3.78. The van der Waals surface area contributed by atoms with Crippen LogP contribution in [0.5, 0.6) is 5.75 Å². The number of ether oxygens (including phenoxy) is 1. The number of hydrogen-bond donors (Lipinski definition) is 1. The van der Waals surface area contributed by atoms with Crippen LogP contribution in [0.3, 0.4) is 0 Å². The summed E-state index contributed by atoms with van der Waals surface area (Å²) in [5.41, 5.74) is 0. The molecule has 0 aliphatic heterocycles. The number of aryl methyl sites for hydroxylation is 1. The van der Waals surface area contributed by atoms with E-state index in [1.54, 1.807) is 17.7 Å². The van der Waals surface area contributed by atoms with Gasteiger partial charge in [-0.15, -0.1) is 10.2 Å². The standard InChI is InChI=1S/C10H11BrN4O3S/c1-15-6-13-14-10(15)5-18-8-3-2-7(11)4-9(8)19(12,16)17/h2-4,6H,5H2,1H3,(H2,12,16,17). The second kappa shape index (κ2) is 5.27. The summed E-state index contributed by atoms with van der Waals surface area (Å²) in [5.74, 6) is 0.747. The van der Waals surface area contributed by atoms with Crippen molar-refractivity contribution in [1.82, 2.24) is 14.8 Å². The molecule has 2 N–H and O–H groups in total. The molecule has 0 saturated heterocycles. The predicted octanol–water partition coefficient (Wildman–Crippen LogP) is 0.804. The lowest BCUT2D eigenvalue weighted by molar-refractivity contribution is 0.283. The molecule has 0 atom stereocenters. The van der Waals surface area contributed by atoms with Crippen LogP contribution in [-0.4, -0.2) is 23.2 Å². The molecular weight excluding hydrogens is 336 g/mol. The lowest BCUT2D eigenvalue weighted by Crippen LogP contribution is -2.14. The highest BCUT2D eigenvalue weighted by atomic mass is 79.9. The lowest BCUT2D eigenvalue weighted by Gasteiger charge is -2.10. The van der Waals surface area contributed by atoms with Crippen molar-refractivity contribution < 1.29 is 13.2 Å². The van der Waals surface area contributed by atoms with Gasteiger partial charge in [0.15, 0.2) is 5.82 Å². The Kier molecular flexibility index (Phi) is 3.88. The normalized spacial score (nSPS) is 11.5. The van der Waals surface area contributed by atoms with Crippen LogP contribution in [0.4, 0.5) is 0 Å². The lowest BCUT2D eigenvalue weighted by atomic mass is 10.3. The van der Waals surface area contributed by atoms with Crippen LogP contribution in [0, 0.1) is 0 Å². The molecule has 9 heteroatoms. The highest BCUT2D eigenvalue weighted by Gasteiger charge is 2.16. The molecule has 1 aromatic heterocycles. The maximum absolute atomic E-state index is 11.5. The van der Waals surface area contributed by atoms with Crippen molar-refractivity contribution in [2.45, 2.75) is 11.5 Å². The van der Waals surface area contributed by atoms with Crippen molar-refractivity contribution >= 4 is 26.0 Å². The number of nitrogens with zero attached hydrogens (tertiary/aromatic N) is 3. The summed E-state index contributed by atoms with van der Waals surface area (Å²) in [6.45, 7) is 0.0979. The molecule has 0 amide bonds. The molecule has 2 aromatic rings. The van der Waals surface area contributed by atoms with E-state index in [0.717, 1.165) is 0 Å². The quantitative estimate of drug-likeness (QED) is 0.882. The maximum atomic E-state index is 11.5. The van der Waals surface area contributed by atoms with Crippen LogP contribution < -0.4 is 9.88 Å². The van der Waals surface area contributed by atoms with Gasteiger partial charge in [-0.3, -0.25) is 0 Å². The van der Waals surface area contributed by atoms with Gasteiger partial charge in [0.25, 0.3) is 0 Å². The van der Waals surface area contributed by atoms with Crippen molar-refractivity contribution in [3.63, 3.8) is 0 Å². The third-order valence-corrected chi connectivity index (χ3v) is 3.80. The van der Waals surface area contributed by atoms with Crippen molar-refractivity contribution in [2.75, 3.05) is 0 Å². The Morgan fingerprint density at radius 2 is 2.21 bits per heavy atom. The van der Waals surface area contributed by atoms with Crippen LogP contribution in [0.2, 0.25) is 0 Å². The topological polar surface area (TPSA) is 100 Å². The van der Waals surface area contributed by atoms with Gasteiger partial charge in [-0.25, -0.2) is 13.6 Å². The van der Waals surface area contributed by atoms with E-state index in [4.69, 9.17) is 9.88 Å². The van der Waals surface area contributed by atoms with Gasteiger partial charge in [0.2, 0.25) is 10.0 Å². The number of halogens is 1. The van der Waals surface area contributed by atoms with E-state index in [0.29, 0.717) is 10.3 Å². The zero-order chi connectivity index (χ0) is 14.0. The minimum absolute atomic E-state index is 0.0796. The second-order valence-corrected chi connectivity index (χ2v) is 6.23. The monoisotopic (exact) mass is 346 g/mol. The van der Waals surface area contributed by atoms with Gasteiger partial charge in [-0.1, -0.05) is 15.9 Å². The summed E-state index contributed by atoms with van der Waals surface area (Å²) in [5, 5.41) is 12.7. The molecule has 0 fully saturated rings. The molecule has 102 valence electrons. The molecule has 0 unspecified atom stereocenters. The zero-order valence-electron chi connectivity index (χ0n) is 9.95. The highest BCUT2D eigenvalue weighted by Crippen LogP contribution is 2.27. The number of sulfonamides is 1. The molecule has 0 aliphatic carbocycles. The first-order valence-corrected chi connectivity index (χ1v) is 7.50. The predicted molar refractivity (Wildman–Crippen MR) is 70.9 cm³/mol. The summed E-state index contributed by atoms with van der Waals surface area (Å²) in [6.07, 6.45) is 1.53. The van der Waals surface area contributed by atoms with Gasteiger partial charge in [0, 0.05) is 11.5 Å². The summed E-state index contributed by atoms with van der Waals surface area (Å²) >= 11 is 3.19. The Labute approximate surface area is 118 Å². The molecule has 19 heavy (non-hydrogen) atoms. The summed E-state index contributed by atoms with van der Waals surface area (Å²) in [7, 11) is -2.09. The fraction of sp³-hybridized carbons (Fsp3) is 0.200. The van der Waals surface area contributed by atoms with E-state index >= 15 is 0 Å². The molecule has 2 rings (SSSR count). The smallest absolute Gasteiger partial charge is 0.241 e. The molecule has 1 aromatic carbocycles. The first-order valence-electron chi connectivity index (χ1n) is 5.16. The molecule has 7 nitrogen and oxygen atoms in total. The fourth-order valence-electron chi connectivity index (χ4n) is 1.40. The van der Waals surface area contributed by atoms with Crippen molar-refractivity contribution in [1.29, 1.82) is 0 Å². The number of aromatic nitrogens is 3. The SMILES string of the molecule is Cn1cnnc1COc1ccc(Br)cc1S(N)(=O)=O. The first kappa shape index (κ1) is 14.0. The number of rotatable bonds is 4. The third kappa shape index (κ3) is 3.31. The Morgan fingerprint density at radius 3 is 2.79 bits per heavy atom. The Bertz CT molecular complexity index is 699. The van der Waals surface area contributed by atoms with Gasteiger partial charge >= 0.3 is 0 Å².